The van der Waals surface area contributed by atoms with Crippen LogP contribution >= 0.6 is 11.8 Å². The molecule has 0 heterocycles. The maximum Gasteiger partial charge on any atom is 0.225 e. The highest BCUT2D eigenvalue weighted by Crippen LogP contribution is 2.35. The molecule has 0 radical (unpaired) electrons. The van der Waals surface area contributed by atoms with Gasteiger partial charge in [0.25, 0.3) is 0 Å². The molecular weight excluding hydrogens is 333 g/mol. The Balaban J connectivity index is 1.41. The van der Waals surface area contributed by atoms with Gasteiger partial charge in [0.1, 0.15) is 5.82 Å². The maximum absolute atomic E-state index is 12.9. The highest BCUT2D eigenvalue weighted by molar-refractivity contribution is 7.99. The first kappa shape index (κ1) is 16.2. The zero-order valence-corrected chi connectivity index (χ0v) is 14.5. The zero-order chi connectivity index (χ0) is 17.2. The first-order chi connectivity index (χ1) is 12.2. The summed E-state index contributed by atoms with van der Waals surface area (Å²) in [5.41, 5.74) is 3.63. The summed E-state index contributed by atoms with van der Waals surface area (Å²) in [5, 5.41) is 5.49. The second-order valence-corrected chi connectivity index (χ2v) is 7.38. The van der Waals surface area contributed by atoms with Crippen LogP contribution in [-0.4, -0.2) is 11.7 Å². The molecule has 4 rings (SSSR count). The monoisotopic (exact) mass is 351 g/mol. The van der Waals surface area contributed by atoms with Gasteiger partial charge in [0.2, 0.25) is 5.91 Å². The highest BCUT2D eigenvalue weighted by Gasteiger charge is 2.16. The molecular formula is C21H18FNOS. The van der Waals surface area contributed by atoms with E-state index in [1.165, 1.54) is 28.6 Å². The third kappa shape index (κ3) is 3.40. The Morgan fingerprint density at radius 3 is 2.56 bits per heavy atom. The summed E-state index contributed by atoms with van der Waals surface area (Å²) in [7, 11) is 0. The van der Waals surface area contributed by atoms with Crippen LogP contribution in [0.25, 0.3) is 10.8 Å². The fourth-order valence-corrected chi connectivity index (χ4v) is 4.21. The van der Waals surface area contributed by atoms with Crippen LogP contribution in [0.3, 0.4) is 0 Å². The van der Waals surface area contributed by atoms with Gasteiger partial charge in [0.05, 0.1) is 0 Å². The number of benzene rings is 3. The van der Waals surface area contributed by atoms with E-state index in [2.05, 4.69) is 29.6 Å². The SMILES string of the molecule is O=C(CCSc1ccc(F)cc1)Nc1ccc2c3c(cccc13)CC2. The number of hydrogen-bond donors (Lipinski definition) is 1. The number of carbonyl (C=O) groups is 1. The molecule has 1 aliphatic carbocycles. The Kier molecular flexibility index (Phi) is 4.45. The Morgan fingerprint density at radius 2 is 1.76 bits per heavy atom. The molecule has 1 aliphatic rings. The number of thioether (sulfide) groups is 1. The van der Waals surface area contributed by atoms with Crippen molar-refractivity contribution in [2.75, 3.05) is 11.1 Å². The predicted molar refractivity (Wildman–Crippen MR) is 102 cm³/mol. The summed E-state index contributed by atoms with van der Waals surface area (Å²) in [6, 6.07) is 16.8. The van der Waals surface area contributed by atoms with Crippen LogP contribution in [0.1, 0.15) is 17.5 Å². The van der Waals surface area contributed by atoms with E-state index < -0.39 is 0 Å². The van der Waals surface area contributed by atoms with E-state index in [9.17, 15) is 9.18 Å². The summed E-state index contributed by atoms with van der Waals surface area (Å²) >= 11 is 1.56. The van der Waals surface area contributed by atoms with Crippen molar-refractivity contribution >= 4 is 34.1 Å². The van der Waals surface area contributed by atoms with Gasteiger partial charge in [-0.3, -0.25) is 4.79 Å². The van der Waals surface area contributed by atoms with Crippen LogP contribution in [0.2, 0.25) is 0 Å². The molecule has 25 heavy (non-hydrogen) atoms. The van der Waals surface area contributed by atoms with E-state index in [-0.39, 0.29) is 11.7 Å². The van der Waals surface area contributed by atoms with Gasteiger partial charge in [-0.15, -0.1) is 11.8 Å². The van der Waals surface area contributed by atoms with Crippen LogP contribution in [-0.2, 0) is 17.6 Å². The molecule has 0 saturated heterocycles. The van der Waals surface area contributed by atoms with Crippen molar-refractivity contribution in [2.45, 2.75) is 24.2 Å². The Labute approximate surface area is 150 Å². The van der Waals surface area contributed by atoms with E-state index >= 15 is 0 Å². The molecule has 0 aliphatic heterocycles. The molecule has 4 heteroatoms. The second-order valence-electron chi connectivity index (χ2n) is 6.21. The lowest BCUT2D eigenvalue weighted by Gasteiger charge is -2.10. The summed E-state index contributed by atoms with van der Waals surface area (Å²) in [4.78, 5) is 13.3. The minimum atomic E-state index is -0.242. The molecule has 0 saturated carbocycles. The molecule has 0 spiro atoms. The average molecular weight is 351 g/mol. The molecule has 0 fully saturated rings. The minimum absolute atomic E-state index is 0.00770. The Bertz CT molecular complexity index is 926. The van der Waals surface area contributed by atoms with Gasteiger partial charge in [-0.2, -0.15) is 0 Å². The standard InChI is InChI=1S/C21H18FNOS/c22-16-7-9-17(10-8-16)25-13-12-20(24)23-19-11-6-15-5-4-14-2-1-3-18(19)21(14)15/h1-3,6-11H,4-5,12-13H2,(H,23,24). The lowest BCUT2D eigenvalue weighted by Crippen LogP contribution is -2.12. The Hall–Kier alpha value is -2.33. The van der Waals surface area contributed by atoms with Crippen molar-refractivity contribution in [3.8, 4) is 0 Å². The highest BCUT2D eigenvalue weighted by atomic mass is 32.2. The van der Waals surface area contributed by atoms with Crippen molar-refractivity contribution in [1.29, 1.82) is 0 Å². The van der Waals surface area contributed by atoms with Gasteiger partial charge >= 0.3 is 0 Å². The van der Waals surface area contributed by atoms with Crippen molar-refractivity contribution in [3.63, 3.8) is 0 Å². The van der Waals surface area contributed by atoms with Crippen LogP contribution in [0.4, 0.5) is 10.1 Å². The molecule has 2 nitrogen and oxygen atoms in total. The molecule has 1 N–H and O–H groups in total. The maximum atomic E-state index is 12.9. The van der Waals surface area contributed by atoms with Crippen LogP contribution in [0.15, 0.2) is 59.5 Å². The number of amides is 1. The molecule has 0 unspecified atom stereocenters. The van der Waals surface area contributed by atoms with E-state index in [4.69, 9.17) is 0 Å². The molecule has 0 bridgehead atoms. The van der Waals surface area contributed by atoms with Crippen molar-refractivity contribution in [1.82, 2.24) is 0 Å². The summed E-state index contributed by atoms with van der Waals surface area (Å²) in [6.45, 7) is 0. The van der Waals surface area contributed by atoms with Crippen LogP contribution in [0.5, 0.6) is 0 Å². The van der Waals surface area contributed by atoms with Crippen LogP contribution in [0, 0.1) is 5.82 Å². The van der Waals surface area contributed by atoms with E-state index in [0.29, 0.717) is 12.2 Å². The van der Waals surface area contributed by atoms with Crippen molar-refractivity contribution in [2.24, 2.45) is 0 Å². The van der Waals surface area contributed by atoms with Gasteiger partial charge in [0.15, 0.2) is 0 Å². The van der Waals surface area contributed by atoms with Crippen molar-refractivity contribution < 1.29 is 9.18 Å². The molecule has 0 aromatic heterocycles. The third-order valence-electron chi connectivity index (χ3n) is 4.56. The number of carbonyl (C=O) groups excluding carboxylic acids is 1. The summed E-state index contributed by atoms with van der Waals surface area (Å²) in [5.74, 6) is 0.432. The first-order valence-electron chi connectivity index (χ1n) is 8.42. The molecule has 3 aromatic rings. The molecule has 126 valence electrons. The topological polar surface area (TPSA) is 29.1 Å². The average Bonchev–Trinajstić information content (AvgIpc) is 3.04. The number of anilines is 1. The van der Waals surface area contributed by atoms with E-state index in [1.54, 1.807) is 23.9 Å². The smallest absolute Gasteiger partial charge is 0.225 e. The predicted octanol–water partition coefficient (Wildman–Crippen LogP) is 5.20. The number of rotatable bonds is 5. The first-order valence-corrected chi connectivity index (χ1v) is 9.41. The van der Waals surface area contributed by atoms with Gasteiger partial charge in [0, 0.05) is 28.1 Å². The number of halogens is 1. The fourth-order valence-electron chi connectivity index (χ4n) is 3.36. The summed E-state index contributed by atoms with van der Waals surface area (Å²) < 4.78 is 12.9. The minimum Gasteiger partial charge on any atom is -0.325 e. The molecule has 0 atom stereocenters. The lowest BCUT2D eigenvalue weighted by atomic mass is 10.0. The lowest BCUT2D eigenvalue weighted by molar-refractivity contribution is -0.115. The van der Waals surface area contributed by atoms with E-state index in [0.717, 1.165) is 28.8 Å². The zero-order valence-electron chi connectivity index (χ0n) is 13.7. The number of aryl methyl sites for hydroxylation is 2. The van der Waals surface area contributed by atoms with E-state index in [1.807, 2.05) is 6.07 Å². The third-order valence-corrected chi connectivity index (χ3v) is 5.58. The Morgan fingerprint density at radius 1 is 1.00 bits per heavy atom. The van der Waals surface area contributed by atoms with Gasteiger partial charge in [-0.1, -0.05) is 24.3 Å². The largest absolute Gasteiger partial charge is 0.325 e. The fraction of sp³-hybridized carbons (Fsp3) is 0.190. The van der Waals surface area contributed by atoms with Gasteiger partial charge < -0.3 is 5.32 Å². The van der Waals surface area contributed by atoms with Gasteiger partial charge in [-0.25, -0.2) is 4.39 Å². The summed E-state index contributed by atoms with van der Waals surface area (Å²) in [6.07, 6.45) is 2.59. The normalized spacial score (nSPS) is 12.5. The molecule has 3 aromatic carbocycles. The van der Waals surface area contributed by atoms with Crippen molar-refractivity contribution in [3.05, 3.63) is 71.5 Å². The van der Waals surface area contributed by atoms with Crippen LogP contribution < -0.4 is 5.32 Å². The second kappa shape index (κ2) is 6.89. The number of nitrogens with one attached hydrogen (secondary N) is 1. The number of hydrogen-bond acceptors (Lipinski definition) is 2. The molecule has 1 amide bonds. The van der Waals surface area contributed by atoms with Gasteiger partial charge in [-0.05, 0) is 59.7 Å². The quantitative estimate of drug-likeness (QED) is 0.640.